The van der Waals surface area contributed by atoms with Gasteiger partial charge in [-0.2, -0.15) is 0 Å². The maximum atomic E-state index is 12.9. The molecule has 4 rings (SSSR count). The molecule has 1 aliphatic rings. The Morgan fingerprint density at radius 2 is 1.36 bits per heavy atom. The molecule has 0 radical (unpaired) electrons. The summed E-state index contributed by atoms with van der Waals surface area (Å²) in [6.45, 7) is 4.29. The van der Waals surface area contributed by atoms with Crippen LogP contribution in [0.2, 0.25) is 0 Å². The molecule has 0 N–H and O–H groups in total. The standard InChI is InChI=1S/C27H30N2O4/c1-31-24-12-8-22(9-13-24)27(30)33-26(21-6-4-3-5-7-21)20-28-16-18-29(19-17-28)23-10-14-25(32-2)15-11-23/h3-15,26H,16-20H2,1-2H3. The van der Waals surface area contributed by atoms with Crippen molar-refractivity contribution in [2.24, 2.45) is 0 Å². The highest BCUT2D eigenvalue weighted by atomic mass is 16.5. The lowest BCUT2D eigenvalue weighted by atomic mass is 10.1. The number of benzene rings is 3. The van der Waals surface area contributed by atoms with Crippen LogP contribution in [0.4, 0.5) is 5.69 Å². The molecule has 0 bridgehead atoms. The van der Waals surface area contributed by atoms with Gasteiger partial charge in [0.2, 0.25) is 0 Å². The fourth-order valence-electron chi connectivity index (χ4n) is 4.02. The minimum absolute atomic E-state index is 0.330. The van der Waals surface area contributed by atoms with Crippen molar-refractivity contribution < 1.29 is 19.0 Å². The predicted molar refractivity (Wildman–Crippen MR) is 129 cm³/mol. The first kappa shape index (κ1) is 22.7. The first-order valence-electron chi connectivity index (χ1n) is 11.2. The zero-order valence-corrected chi connectivity index (χ0v) is 19.1. The molecule has 0 aromatic heterocycles. The van der Waals surface area contributed by atoms with Crippen LogP contribution in [0, 0.1) is 0 Å². The van der Waals surface area contributed by atoms with Crippen molar-refractivity contribution in [2.75, 3.05) is 51.8 Å². The van der Waals surface area contributed by atoms with Crippen molar-refractivity contribution >= 4 is 11.7 Å². The van der Waals surface area contributed by atoms with E-state index in [2.05, 4.69) is 21.9 Å². The van der Waals surface area contributed by atoms with Gasteiger partial charge in [0.25, 0.3) is 0 Å². The van der Waals surface area contributed by atoms with Crippen molar-refractivity contribution in [2.45, 2.75) is 6.10 Å². The number of rotatable bonds is 8. The van der Waals surface area contributed by atoms with Gasteiger partial charge in [0, 0.05) is 38.4 Å². The van der Waals surface area contributed by atoms with Gasteiger partial charge in [-0.25, -0.2) is 4.79 Å². The SMILES string of the molecule is COc1ccc(C(=O)OC(CN2CCN(c3ccc(OC)cc3)CC2)c2ccccc2)cc1. The number of ether oxygens (including phenoxy) is 3. The number of carbonyl (C=O) groups is 1. The van der Waals surface area contributed by atoms with E-state index >= 15 is 0 Å². The summed E-state index contributed by atoms with van der Waals surface area (Å²) >= 11 is 0. The highest BCUT2D eigenvalue weighted by Crippen LogP contribution is 2.24. The number of hydrogen-bond acceptors (Lipinski definition) is 6. The number of nitrogens with zero attached hydrogens (tertiary/aromatic N) is 2. The highest BCUT2D eigenvalue weighted by Gasteiger charge is 2.24. The number of carbonyl (C=O) groups excluding carboxylic acids is 1. The maximum Gasteiger partial charge on any atom is 0.338 e. The molecule has 6 nitrogen and oxygen atoms in total. The minimum Gasteiger partial charge on any atom is -0.497 e. The second kappa shape index (κ2) is 10.9. The second-order valence-electron chi connectivity index (χ2n) is 8.02. The number of methoxy groups -OCH3 is 2. The van der Waals surface area contributed by atoms with E-state index in [-0.39, 0.29) is 12.1 Å². The molecule has 1 aliphatic heterocycles. The van der Waals surface area contributed by atoms with Crippen LogP contribution in [0.25, 0.3) is 0 Å². The van der Waals surface area contributed by atoms with E-state index in [9.17, 15) is 4.79 Å². The van der Waals surface area contributed by atoms with Crippen LogP contribution in [0.3, 0.4) is 0 Å². The van der Waals surface area contributed by atoms with Crippen LogP contribution in [0.15, 0.2) is 78.9 Å². The van der Waals surface area contributed by atoms with Crippen LogP contribution in [0.5, 0.6) is 11.5 Å². The molecule has 0 saturated carbocycles. The zero-order chi connectivity index (χ0) is 23.0. The van der Waals surface area contributed by atoms with Crippen LogP contribution < -0.4 is 14.4 Å². The zero-order valence-electron chi connectivity index (χ0n) is 19.1. The van der Waals surface area contributed by atoms with E-state index in [1.807, 2.05) is 42.5 Å². The lowest BCUT2D eigenvalue weighted by molar-refractivity contribution is 0.0190. The van der Waals surface area contributed by atoms with E-state index in [0.29, 0.717) is 17.9 Å². The maximum absolute atomic E-state index is 12.9. The number of esters is 1. The van der Waals surface area contributed by atoms with Crippen molar-refractivity contribution in [3.63, 3.8) is 0 Å². The third kappa shape index (κ3) is 5.84. The summed E-state index contributed by atoms with van der Waals surface area (Å²) in [6, 6.07) is 25.1. The second-order valence-corrected chi connectivity index (χ2v) is 8.02. The fourth-order valence-corrected chi connectivity index (χ4v) is 4.02. The van der Waals surface area contributed by atoms with E-state index < -0.39 is 0 Å². The third-order valence-electron chi connectivity index (χ3n) is 5.98. The van der Waals surface area contributed by atoms with Gasteiger partial charge in [0.1, 0.15) is 17.6 Å². The normalized spacial score (nSPS) is 15.0. The lowest BCUT2D eigenvalue weighted by Crippen LogP contribution is -2.47. The molecule has 1 unspecified atom stereocenters. The molecule has 1 atom stereocenters. The summed E-state index contributed by atoms with van der Waals surface area (Å²) < 4.78 is 16.4. The van der Waals surface area contributed by atoms with Crippen LogP contribution >= 0.6 is 0 Å². The summed E-state index contributed by atoms with van der Waals surface area (Å²) in [7, 11) is 3.28. The Morgan fingerprint density at radius 3 is 1.94 bits per heavy atom. The molecule has 0 aliphatic carbocycles. The molecular weight excluding hydrogens is 416 g/mol. The van der Waals surface area contributed by atoms with E-state index in [1.54, 1.807) is 38.5 Å². The van der Waals surface area contributed by atoms with Gasteiger partial charge in [0.05, 0.1) is 19.8 Å². The molecule has 0 amide bonds. The summed E-state index contributed by atoms with van der Waals surface area (Å²) in [5, 5.41) is 0. The van der Waals surface area contributed by atoms with Gasteiger partial charge in [-0.3, -0.25) is 4.90 Å². The highest BCUT2D eigenvalue weighted by molar-refractivity contribution is 5.89. The van der Waals surface area contributed by atoms with Crippen molar-refractivity contribution in [1.29, 1.82) is 0 Å². The quantitative estimate of drug-likeness (QED) is 0.478. The van der Waals surface area contributed by atoms with Crippen LogP contribution in [-0.4, -0.2) is 57.8 Å². The van der Waals surface area contributed by atoms with Gasteiger partial charge in [-0.05, 0) is 54.1 Å². The Morgan fingerprint density at radius 1 is 0.788 bits per heavy atom. The van der Waals surface area contributed by atoms with Gasteiger partial charge in [-0.1, -0.05) is 30.3 Å². The minimum atomic E-state index is -0.340. The monoisotopic (exact) mass is 446 g/mol. The lowest BCUT2D eigenvalue weighted by Gasteiger charge is -2.37. The van der Waals surface area contributed by atoms with Crippen molar-refractivity contribution in [1.82, 2.24) is 4.90 Å². The molecular formula is C27H30N2O4. The first-order chi connectivity index (χ1) is 16.2. The van der Waals surface area contributed by atoms with Gasteiger partial charge in [-0.15, -0.1) is 0 Å². The van der Waals surface area contributed by atoms with Gasteiger partial charge < -0.3 is 19.1 Å². The molecule has 0 spiro atoms. The number of anilines is 1. The molecule has 3 aromatic rings. The largest absolute Gasteiger partial charge is 0.497 e. The van der Waals surface area contributed by atoms with Crippen LogP contribution in [-0.2, 0) is 4.74 Å². The van der Waals surface area contributed by atoms with E-state index in [1.165, 1.54) is 5.69 Å². The summed E-state index contributed by atoms with van der Waals surface area (Å²) in [6.07, 6.45) is -0.340. The smallest absolute Gasteiger partial charge is 0.338 e. The third-order valence-corrected chi connectivity index (χ3v) is 5.98. The van der Waals surface area contributed by atoms with Crippen molar-refractivity contribution in [3.8, 4) is 11.5 Å². The molecule has 3 aromatic carbocycles. The molecule has 33 heavy (non-hydrogen) atoms. The average Bonchev–Trinajstić information content (AvgIpc) is 2.89. The predicted octanol–water partition coefficient (Wildman–Crippen LogP) is 4.42. The molecule has 1 heterocycles. The summed E-state index contributed by atoms with van der Waals surface area (Å²) in [5.41, 5.74) is 2.71. The van der Waals surface area contributed by atoms with Crippen LogP contribution in [0.1, 0.15) is 22.0 Å². The summed E-state index contributed by atoms with van der Waals surface area (Å²) in [4.78, 5) is 17.6. The Hall–Kier alpha value is -3.51. The Bertz CT molecular complexity index is 1010. The Balaban J connectivity index is 1.40. The Labute approximate surface area is 195 Å². The topological polar surface area (TPSA) is 51.2 Å². The van der Waals surface area contributed by atoms with E-state index in [4.69, 9.17) is 14.2 Å². The average molecular weight is 447 g/mol. The summed E-state index contributed by atoms with van der Waals surface area (Å²) in [5.74, 6) is 1.24. The molecule has 1 saturated heterocycles. The molecule has 6 heteroatoms. The molecule has 172 valence electrons. The Kier molecular flexibility index (Phi) is 7.47. The van der Waals surface area contributed by atoms with Crippen molar-refractivity contribution in [3.05, 3.63) is 90.0 Å². The van der Waals surface area contributed by atoms with Gasteiger partial charge in [0.15, 0.2) is 0 Å². The fraction of sp³-hybridized carbons (Fsp3) is 0.296. The number of piperazine rings is 1. The molecule has 1 fully saturated rings. The van der Waals surface area contributed by atoms with Gasteiger partial charge >= 0.3 is 5.97 Å². The van der Waals surface area contributed by atoms with E-state index in [0.717, 1.165) is 37.5 Å². The number of hydrogen-bond donors (Lipinski definition) is 0. The first-order valence-corrected chi connectivity index (χ1v) is 11.2.